The Kier molecular flexibility index (Phi) is 4.24. The quantitative estimate of drug-likeness (QED) is 0.847. The summed E-state index contributed by atoms with van der Waals surface area (Å²) < 4.78 is 0. The fraction of sp³-hybridized carbons (Fsp3) is 0.938. The summed E-state index contributed by atoms with van der Waals surface area (Å²) >= 11 is 0. The molecule has 3 nitrogen and oxygen atoms in total. The van der Waals surface area contributed by atoms with Crippen molar-refractivity contribution >= 4 is 5.97 Å². The molecule has 0 amide bonds. The van der Waals surface area contributed by atoms with Gasteiger partial charge in [0.15, 0.2) is 0 Å². The standard InChI is InChI=1S/C16H29NO2/c1-4-8-16(14(18)19)10-6-11-17(12-16)13-7-5-9-15(13,2)3/h13H,4-12H2,1-3H3,(H,18,19). The van der Waals surface area contributed by atoms with Gasteiger partial charge in [-0.05, 0) is 44.1 Å². The fourth-order valence-corrected chi connectivity index (χ4v) is 4.38. The van der Waals surface area contributed by atoms with E-state index in [0.29, 0.717) is 11.5 Å². The Morgan fingerprint density at radius 2 is 2.05 bits per heavy atom. The highest BCUT2D eigenvalue weighted by Gasteiger charge is 2.46. The zero-order valence-corrected chi connectivity index (χ0v) is 12.7. The van der Waals surface area contributed by atoms with Gasteiger partial charge in [0.1, 0.15) is 0 Å². The predicted molar refractivity (Wildman–Crippen MR) is 77.2 cm³/mol. The number of carboxylic acids is 1. The summed E-state index contributed by atoms with van der Waals surface area (Å²) in [6.07, 6.45) is 7.51. The number of carboxylic acid groups (broad SMARTS) is 1. The van der Waals surface area contributed by atoms with E-state index in [1.807, 2.05) is 0 Å². The molecule has 1 aliphatic carbocycles. The van der Waals surface area contributed by atoms with Crippen LogP contribution in [-0.2, 0) is 4.79 Å². The Balaban J connectivity index is 2.13. The second-order valence-electron chi connectivity index (χ2n) is 7.31. The average molecular weight is 267 g/mol. The topological polar surface area (TPSA) is 40.5 Å². The van der Waals surface area contributed by atoms with E-state index in [2.05, 4.69) is 25.7 Å². The molecule has 110 valence electrons. The van der Waals surface area contributed by atoms with Crippen LogP contribution in [0.1, 0.15) is 65.7 Å². The second kappa shape index (κ2) is 5.43. The van der Waals surface area contributed by atoms with Crippen LogP contribution in [0.2, 0.25) is 0 Å². The minimum Gasteiger partial charge on any atom is -0.481 e. The molecule has 2 atom stereocenters. The highest BCUT2D eigenvalue weighted by atomic mass is 16.4. The fourth-order valence-electron chi connectivity index (χ4n) is 4.38. The summed E-state index contributed by atoms with van der Waals surface area (Å²) in [7, 11) is 0. The minimum atomic E-state index is -0.574. The number of nitrogens with zero attached hydrogens (tertiary/aromatic N) is 1. The lowest BCUT2D eigenvalue weighted by Crippen LogP contribution is -2.53. The van der Waals surface area contributed by atoms with Crippen LogP contribution in [0.4, 0.5) is 0 Å². The van der Waals surface area contributed by atoms with Crippen LogP contribution in [-0.4, -0.2) is 35.1 Å². The lowest BCUT2D eigenvalue weighted by atomic mass is 9.74. The van der Waals surface area contributed by atoms with Crippen LogP contribution in [0, 0.1) is 10.8 Å². The molecule has 1 N–H and O–H groups in total. The van der Waals surface area contributed by atoms with Crippen molar-refractivity contribution in [3.63, 3.8) is 0 Å². The predicted octanol–water partition coefficient (Wildman–Crippen LogP) is 3.53. The first-order valence-corrected chi connectivity index (χ1v) is 7.89. The first-order valence-electron chi connectivity index (χ1n) is 7.89. The molecule has 1 saturated carbocycles. The maximum atomic E-state index is 11.8. The molecule has 1 saturated heterocycles. The summed E-state index contributed by atoms with van der Waals surface area (Å²) in [6, 6.07) is 0.586. The average Bonchev–Trinajstić information content (AvgIpc) is 2.69. The molecule has 0 bridgehead atoms. The molecule has 1 heterocycles. The number of piperidine rings is 1. The molecular formula is C16H29NO2. The normalized spacial score (nSPS) is 35.4. The third kappa shape index (κ3) is 2.81. The smallest absolute Gasteiger partial charge is 0.310 e. The summed E-state index contributed by atoms with van der Waals surface area (Å²) in [6.45, 7) is 8.66. The highest BCUT2D eigenvalue weighted by molar-refractivity contribution is 5.75. The van der Waals surface area contributed by atoms with Gasteiger partial charge in [-0.1, -0.05) is 33.6 Å². The summed E-state index contributed by atoms with van der Waals surface area (Å²) in [5, 5.41) is 9.68. The Morgan fingerprint density at radius 1 is 1.32 bits per heavy atom. The van der Waals surface area contributed by atoms with Gasteiger partial charge in [0.25, 0.3) is 0 Å². The highest BCUT2D eigenvalue weighted by Crippen LogP contribution is 2.44. The summed E-state index contributed by atoms with van der Waals surface area (Å²) in [4.78, 5) is 14.3. The number of rotatable bonds is 4. The molecule has 2 unspecified atom stereocenters. The van der Waals surface area contributed by atoms with Crippen LogP contribution in [0.25, 0.3) is 0 Å². The van der Waals surface area contributed by atoms with Crippen LogP contribution < -0.4 is 0 Å². The molecule has 0 aromatic carbocycles. The van der Waals surface area contributed by atoms with Crippen molar-refractivity contribution in [3.05, 3.63) is 0 Å². The molecule has 2 aliphatic rings. The van der Waals surface area contributed by atoms with Gasteiger partial charge in [0.2, 0.25) is 0 Å². The molecule has 2 fully saturated rings. The van der Waals surface area contributed by atoms with E-state index in [9.17, 15) is 9.90 Å². The van der Waals surface area contributed by atoms with Crippen LogP contribution in [0.5, 0.6) is 0 Å². The molecule has 0 aromatic rings. The van der Waals surface area contributed by atoms with E-state index in [1.54, 1.807) is 0 Å². The summed E-state index contributed by atoms with van der Waals surface area (Å²) in [5.41, 5.74) is -0.126. The number of carbonyl (C=O) groups is 1. The first-order chi connectivity index (χ1) is 8.91. The third-order valence-electron chi connectivity index (χ3n) is 5.43. The number of aliphatic carboxylic acids is 1. The van der Waals surface area contributed by atoms with Gasteiger partial charge in [-0.3, -0.25) is 9.69 Å². The Morgan fingerprint density at radius 3 is 2.58 bits per heavy atom. The third-order valence-corrected chi connectivity index (χ3v) is 5.43. The number of likely N-dealkylation sites (tertiary alicyclic amines) is 1. The van der Waals surface area contributed by atoms with Crippen LogP contribution in [0.15, 0.2) is 0 Å². The zero-order chi connectivity index (χ0) is 14.1. The second-order valence-corrected chi connectivity index (χ2v) is 7.31. The van der Waals surface area contributed by atoms with Crippen molar-refractivity contribution in [2.24, 2.45) is 10.8 Å². The molecule has 0 spiro atoms. The van der Waals surface area contributed by atoms with Gasteiger partial charge in [-0.2, -0.15) is 0 Å². The van der Waals surface area contributed by atoms with E-state index in [-0.39, 0.29) is 0 Å². The molecule has 19 heavy (non-hydrogen) atoms. The number of hydrogen-bond donors (Lipinski definition) is 1. The minimum absolute atomic E-state index is 0.355. The van der Waals surface area contributed by atoms with Crippen molar-refractivity contribution in [2.45, 2.75) is 71.8 Å². The van der Waals surface area contributed by atoms with Crippen molar-refractivity contribution < 1.29 is 9.90 Å². The monoisotopic (exact) mass is 267 g/mol. The van der Waals surface area contributed by atoms with Gasteiger partial charge >= 0.3 is 5.97 Å². The molecular weight excluding hydrogens is 238 g/mol. The Hall–Kier alpha value is -0.570. The molecule has 3 heteroatoms. The largest absolute Gasteiger partial charge is 0.481 e. The van der Waals surface area contributed by atoms with Gasteiger partial charge in [-0.15, -0.1) is 0 Å². The molecule has 2 rings (SSSR count). The van der Waals surface area contributed by atoms with Crippen molar-refractivity contribution in [3.8, 4) is 0 Å². The molecule has 1 aliphatic heterocycles. The van der Waals surface area contributed by atoms with E-state index < -0.39 is 11.4 Å². The van der Waals surface area contributed by atoms with Crippen molar-refractivity contribution in [2.75, 3.05) is 13.1 Å². The lowest BCUT2D eigenvalue weighted by molar-refractivity contribution is -0.154. The van der Waals surface area contributed by atoms with Gasteiger partial charge in [0.05, 0.1) is 5.41 Å². The number of hydrogen-bond acceptors (Lipinski definition) is 2. The van der Waals surface area contributed by atoms with Gasteiger partial charge in [0, 0.05) is 12.6 Å². The molecule has 0 aromatic heterocycles. The Bertz CT molecular complexity index is 336. The van der Waals surface area contributed by atoms with Gasteiger partial charge in [-0.25, -0.2) is 0 Å². The lowest BCUT2D eigenvalue weighted by Gasteiger charge is -2.46. The Labute approximate surface area is 117 Å². The van der Waals surface area contributed by atoms with Gasteiger partial charge < -0.3 is 5.11 Å². The van der Waals surface area contributed by atoms with Crippen molar-refractivity contribution in [1.29, 1.82) is 0 Å². The maximum Gasteiger partial charge on any atom is 0.310 e. The zero-order valence-electron chi connectivity index (χ0n) is 12.7. The maximum absolute atomic E-state index is 11.8. The van der Waals surface area contributed by atoms with Crippen molar-refractivity contribution in [1.82, 2.24) is 4.90 Å². The van der Waals surface area contributed by atoms with E-state index in [1.165, 1.54) is 19.3 Å². The summed E-state index contributed by atoms with van der Waals surface area (Å²) in [5.74, 6) is -0.574. The van der Waals surface area contributed by atoms with E-state index >= 15 is 0 Å². The van der Waals surface area contributed by atoms with Crippen LogP contribution >= 0.6 is 0 Å². The van der Waals surface area contributed by atoms with Crippen LogP contribution in [0.3, 0.4) is 0 Å². The van der Waals surface area contributed by atoms with E-state index in [4.69, 9.17) is 0 Å². The molecule has 0 radical (unpaired) electrons. The SMILES string of the molecule is CCCC1(C(=O)O)CCCN(C2CCCC2(C)C)C1. The first kappa shape index (κ1) is 14.8. The van der Waals surface area contributed by atoms with E-state index in [0.717, 1.165) is 38.8 Å².